The molecule has 1 atom stereocenters. The molecule has 0 aliphatic rings. The molecule has 0 aliphatic heterocycles. The van der Waals surface area contributed by atoms with Crippen LogP contribution in [0.25, 0.3) is 0 Å². The Bertz CT molecular complexity index is 743. The summed E-state index contributed by atoms with van der Waals surface area (Å²) in [5, 5.41) is 2.85. The molecule has 5 nitrogen and oxygen atoms in total. The summed E-state index contributed by atoms with van der Waals surface area (Å²) < 4.78 is 10.3. The molecule has 0 bridgehead atoms. The highest BCUT2D eigenvalue weighted by atomic mass is 16.5. The molecule has 2 aromatic carbocycles. The van der Waals surface area contributed by atoms with Gasteiger partial charge in [0.1, 0.15) is 5.75 Å². The number of amides is 1. The third-order valence-electron chi connectivity index (χ3n) is 4.09. The molecule has 2 aromatic rings. The Morgan fingerprint density at radius 1 is 1.12 bits per heavy atom. The second kappa shape index (κ2) is 9.61. The zero-order chi connectivity index (χ0) is 18.9. The molecule has 0 aliphatic carbocycles. The minimum atomic E-state index is -0.546. The molecular formula is C21H25NO4. The van der Waals surface area contributed by atoms with E-state index in [1.165, 1.54) is 5.56 Å². The third kappa shape index (κ3) is 5.92. The molecule has 26 heavy (non-hydrogen) atoms. The van der Waals surface area contributed by atoms with Crippen LogP contribution < -0.4 is 10.1 Å². The van der Waals surface area contributed by atoms with Crippen molar-refractivity contribution in [3.8, 4) is 5.75 Å². The van der Waals surface area contributed by atoms with Gasteiger partial charge in [0.15, 0.2) is 6.61 Å². The molecule has 2 rings (SSSR count). The van der Waals surface area contributed by atoms with Gasteiger partial charge >= 0.3 is 5.97 Å². The van der Waals surface area contributed by atoms with Crippen LogP contribution in [0.15, 0.2) is 48.5 Å². The fraction of sp³-hybridized carbons (Fsp3) is 0.333. The molecule has 138 valence electrons. The number of carbonyl (C=O) groups is 2. The highest BCUT2D eigenvalue weighted by Gasteiger charge is 2.13. The smallest absolute Gasteiger partial charge is 0.338 e. The lowest BCUT2D eigenvalue weighted by atomic mass is 10.1. The number of hydrogen-bond donors (Lipinski definition) is 1. The monoisotopic (exact) mass is 355 g/mol. The van der Waals surface area contributed by atoms with Crippen molar-refractivity contribution in [2.24, 2.45) is 0 Å². The summed E-state index contributed by atoms with van der Waals surface area (Å²) in [5.74, 6) is -0.244. The number of esters is 1. The summed E-state index contributed by atoms with van der Waals surface area (Å²) >= 11 is 0. The highest BCUT2D eigenvalue weighted by molar-refractivity contribution is 5.91. The summed E-state index contributed by atoms with van der Waals surface area (Å²) in [6.07, 6.45) is 1.70. The van der Waals surface area contributed by atoms with Gasteiger partial charge in [-0.05, 0) is 49.9 Å². The molecule has 0 heterocycles. The van der Waals surface area contributed by atoms with Crippen molar-refractivity contribution in [1.82, 2.24) is 5.32 Å². The van der Waals surface area contributed by atoms with Crippen LogP contribution >= 0.6 is 0 Å². The van der Waals surface area contributed by atoms with Gasteiger partial charge in [0.2, 0.25) is 0 Å². The molecule has 0 spiro atoms. The van der Waals surface area contributed by atoms with E-state index in [0.29, 0.717) is 11.3 Å². The van der Waals surface area contributed by atoms with Gasteiger partial charge in [0.25, 0.3) is 5.91 Å². The number of rotatable bonds is 8. The molecule has 0 saturated carbocycles. The Morgan fingerprint density at radius 3 is 2.54 bits per heavy atom. The van der Waals surface area contributed by atoms with Crippen molar-refractivity contribution in [2.45, 2.75) is 32.7 Å². The number of ether oxygens (including phenoxy) is 2. The number of carbonyl (C=O) groups excluding carboxylic acids is 2. The average molecular weight is 355 g/mol. The van der Waals surface area contributed by atoms with Gasteiger partial charge in [-0.3, -0.25) is 4.79 Å². The van der Waals surface area contributed by atoms with Gasteiger partial charge in [-0.15, -0.1) is 0 Å². The van der Waals surface area contributed by atoms with Crippen LogP contribution in [0.2, 0.25) is 0 Å². The lowest BCUT2D eigenvalue weighted by molar-refractivity contribution is -0.124. The molecule has 1 amide bonds. The number of nitrogens with one attached hydrogen (secondary N) is 1. The van der Waals surface area contributed by atoms with E-state index in [9.17, 15) is 9.59 Å². The third-order valence-corrected chi connectivity index (χ3v) is 4.09. The second-order valence-electron chi connectivity index (χ2n) is 6.25. The number of benzene rings is 2. The van der Waals surface area contributed by atoms with Crippen molar-refractivity contribution in [3.05, 3.63) is 65.2 Å². The van der Waals surface area contributed by atoms with Gasteiger partial charge in [-0.25, -0.2) is 4.79 Å². The van der Waals surface area contributed by atoms with E-state index in [1.807, 2.05) is 32.0 Å². The van der Waals surface area contributed by atoms with E-state index in [-0.39, 0.29) is 18.6 Å². The Balaban J connectivity index is 1.76. The Kier molecular flexibility index (Phi) is 7.21. The summed E-state index contributed by atoms with van der Waals surface area (Å²) in [6, 6.07) is 15.1. The van der Waals surface area contributed by atoms with E-state index in [0.717, 1.165) is 18.4 Å². The first-order valence-corrected chi connectivity index (χ1v) is 8.64. The van der Waals surface area contributed by atoms with E-state index < -0.39 is 5.97 Å². The minimum absolute atomic E-state index is 0.000812. The number of aryl methyl sites for hydroxylation is 2. The summed E-state index contributed by atoms with van der Waals surface area (Å²) in [7, 11) is 1.54. The van der Waals surface area contributed by atoms with E-state index in [1.54, 1.807) is 25.3 Å². The predicted octanol–water partition coefficient (Wildman–Crippen LogP) is 3.30. The van der Waals surface area contributed by atoms with Crippen LogP contribution in [0.5, 0.6) is 5.75 Å². The zero-order valence-corrected chi connectivity index (χ0v) is 15.5. The molecular weight excluding hydrogens is 330 g/mol. The fourth-order valence-electron chi connectivity index (χ4n) is 2.58. The van der Waals surface area contributed by atoms with Crippen LogP contribution in [-0.4, -0.2) is 31.6 Å². The van der Waals surface area contributed by atoms with Gasteiger partial charge < -0.3 is 14.8 Å². The maximum Gasteiger partial charge on any atom is 0.338 e. The van der Waals surface area contributed by atoms with Crippen molar-refractivity contribution < 1.29 is 19.1 Å². The van der Waals surface area contributed by atoms with Gasteiger partial charge in [0.05, 0.1) is 12.7 Å². The standard InChI is InChI=1S/C21H25NO4/c1-15-9-12-18(13-19(15)25-3)21(24)26-14-20(23)22-16(2)10-11-17-7-5-4-6-8-17/h4-9,12-13,16H,10-11,14H2,1-3H3,(H,22,23)/t16-/m1/s1. The Hall–Kier alpha value is -2.82. The summed E-state index contributed by atoms with van der Waals surface area (Å²) in [4.78, 5) is 24.0. The average Bonchev–Trinajstić information content (AvgIpc) is 2.65. The molecule has 0 aromatic heterocycles. The molecule has 0 radical (unpaired) electrons. The number of hydrogen-bond acceptors (Lipinski definition) is 4. The molecule has 5 heteroatoms. The highest BCUT2D eigenvalue weighted by Crippen LogP contribution is 2.19. The first kappa shape index (κ1) is 19.5. The largest absolute Gasteiger partial charge is 0.496 e. The zero-order valence-electron chi connectivity index (χ0n) is 15.5. The maximum atomic E-state index is 12.1. The first-order valence-electron chi connectivity index (χ1n) is 8.64. The van der Waals surface area contributed by atoms with Gasteiger partial charge in [-0.2, -0.15) is 0 Å². The van der Waals surface area contributed by atoms with Crippen LogP contribution in [0.3, 0.4) is 0 Å². The van der Waals surface area contributed by atoms with E-state index >= 15 is 0 Å². The molecule has 0 fully saturated rings. The lowest BCUT2D eigenvalue weighted by Crippen LogP contribution is -2.36. The SMILES string of the molecule is COc1cc(C(=O)OCC(=O)N[C@H](C)CCc2ccccc2)ccc1C. The van der Waals surface area contributed by atoms with E-state index in [4.69, 9.17) is 9.47 Å². The van der Waals surface area contributed by atoms with Crippen molar-refractivity contribution in [1.29, 1.82) is 0 Å². The normalized spacial score (nSPS) is 11.5. The quantitative estimate of drug-likeness (QED) is 0.738. The van der Waals surface area contributed by atoms with Crippen LogP contribution in [0.4, 0.5) is 0 Å². The van der Waals surface area contributed by atoms with Crippen LogP contribution in [0.1, 0.15) is 34.8 Å². The predicted molar refractivity (Wildman–Crippen MR) is 100 cm³/mol. The van der Waals surface area contributed by atoms with Gasteiger partial charge in [0, 0.05) is 6.04 Å². The van der Waals surface area contributed by atoms with Crippen molar-refractivity contribution in [2.75, 3.05) is 13.7 Å². The summed E-state index contributed by atoms with van der Waals surface area (Å²) in [5.41, 5.74) is 2.51. The van der Waals surface area contributed by atoms with Crippen molar-refractivity contribution >= 4 is 11.9 Å². The first-order chi connectivity index (χ1) is 12.5. The van der Waals surface area contributed by atoms with Crippen molar-refractivity contribution in [3.63, 3.8) is 0 Å². The fourth-order valence-corrected chi connectivity index (χ4v) is 2.58. The van der Waals surface area contributed by atoms with E-state index in [2.05, 4.69) is 17.4 Å². The second-order valence-corrected chi connectivity index (χ2v) is 6.25. The lowest BCUT2D eigenvalue weighted by Gasteiger charge is -2.14. The maximum absolute atomic E-state index is 12.1. The van der Waals surface area contributed by atoms with Crippen LogP contribution in [-0.2, 0) is 16.0 Å². The topological polar surface area (TPSA) is 64.6 Å². The Labute approximate surface area is 154 Å². The molecule has 0 saturated heterocycles. The Morgan fingerprint density at radius 2 is 1.85 bits per heavy atom. The number of methoxy groups -OCH3 is 1. The van der Waals surface area contributed by atoms with Gasteiger partial charge in [-0.1, -0.05) is 36.4 Å². The minimum Gasteiger partial charge on any atom is -0.496 e. The molecule has 0 unspecified atom stereocenters. The molecule has 1 N–H and O–H groups in total. The summed E-state index contributed by atoms with van der Waals surface area (Å²) in [6.45, 7) is 3.52. The van der Waals surface area contributed by atoms with Crippen LogP contribution in [0, 0.1) is 6.92 Å².